The Kier molecular flexibility index (Phi) is 8.57. The fourth-order valence-corrected chi connectivity index (χ4v) is 4.23. The van der Waals surface area contributed by atoms with Crippen LogP contribution in [0.4, 0.5) is 10.5 Å². The number of hydrogen-bond acceptors (Lipinski definition) is 6. The van der Waals surface area contributed by atoms with Gasteiger partial charge in [-0.3, -0.25) is 9.59 Å². The Balaban J connectivity index is 1.83. The first-order valence-electron chi connectivity index (χ1n) is 11.7. The van der Waals surface area contributed by atoms with E-state index in [0.717, 1.165) is 0 Å². The van der Waals surface area contributed by atoms with Crippen LogP contribution in [-0.4, -0.2) is 72.2 Å². The second-order valence-corrected chi connectivity index (χ2v) is 8.93. The van der Waals surface area contributed by atoms with Crippen molar-refractivity contribution in [1.29, 1.82) is 0 Å². The molecule has 0 bridgehead atoms. The van der Waals surface area contributed by atoms with E-state index in [1.54, 1.807) is 68.1 Å². The molecule has 0 spiro atoms. The van der Waals surface area contributed by atoms with E-state index in [1.165, 1.54) is 19.1 Å². The van der Waals surface area contributed by atoms with Crippen LogP contribution >= 0.6 is 0 Å². The van der Waals surface area contributed by atoms with Gasteiger partial charge in [-0.05, 0) is 36.6 Å². The van der Waals surface area contributed by atoms with Crippen molar-refractivity contribution in [3.05, 3.63) is 48.3 Å². The molecule has 11 heteroatoms. The van der Waals surface area contributed by atoms with Gasteiger partial charge in [0.05, 0.1) is 20.3 Å². The van der Waals surface area contributed by atoms with E-state index in [4.69, 9.17) is 9.47 Å². The largest absolute Gasteiger partial charge is 0.497 e. The normalized spacial score (nSPS) is 17.9. The first kappa shape index (κ1) is 26.6. The topological polar surface area (TPSA) is 131 Å². The first-order valence-corrected chi connectivity index (χ1v) is 11.7. The van der Waals surface area contributed by atoms with Crippen LogP contribution in [0.3, 0.4) is 0 Å². The lowest BCUT2D eigenvalue weighted by molar-refractivity contribution is -0.146. The van der Waals surface area contributed by atoms with E-state index in [9.17, 15) is 19.2 Å². The van der Waals surface area contributed by atoms with E-state index >= 15 is 0 Å². The number of aryl methyl sites for hydroxylation is 1. The molecule has 4 amide bonds. The quantitative estimate of drug-likeness (QED) is 0.475. The van der Waals surface area contributed by atoms with Gasteiger partial charge in [0, 0.05) is 31.5 Å². The molecule has 1 aromatic carbocycles. The van der Waals surface area contributed by atoms with Gasteiger partial charge in [0.25, 0.3) is 5.91 Å². The molecular formula is C25H33N5O6. The lowest BCUT2D eigenvalue weighted by Gasteiger charge is -2.30. The zero-order chi connectivity index (χ0) is 26.4. The summed E-state index contributed by atoms with van der Waals surface area (Å²) in [7, 11) is 4.51. The van der Waals surface area contributed by atoms with E-state index in [0.29, 0.717) is 23.6 Å². The van der Waals surface area contributed by atoms with Crippen molar-refractivity contribution < 1.29 is 28.7 Å². The summed E-state index contributed by atoms with van der Waals surface area (Å²) in [5.74, 6) is -1.16. The molecule has 1 fully saturated rings. The molecule has 3 rings (SSSR count). The lowest BCUT2D eigenvalue weighted by atomic mass is 10.0. The molecule has 1 aromatic heterocycles. The zero-order valence-electron chi connectivity index (χ0n) is 21.1. The molecule has 0 saturated carbocycles. The van der Waals surface area contributed by atoms with E-state index in [2.05, 4.69) is 16.0 Å². The summed E-state index contributed by atoms with van der Waals surface area (Å²) in [4.78, 5) is 53.3. The average molecular weight is 500 g/mol. The number of carbonyl (C=O) groups is 4. The second kappa shape index (κ2) is 11.6. The molecule has 194 valence electrons. The highest BCUT2D eigenvalue weighted by Gasteiger charge is 2.44. The molecule has 3 N–H and O–H groups in total. The third-order valence-electron chi connectivity index (χ3n) is 6.15. The summed E-state index contributed by atoms with van der Waals surface area (Å²) in [6, 6.07) is 7.09. The molecule has 36 heavy (non-hydrogen) atoms. The Morgan fingerprint density at radius 3 is 2.44 bits per heavy atom. The van der Waals surface area contributed by atoms with Gasteiger partial charge in [0.1, 0.15) is 23.5 Å². The second-order valence-electron chi connectivity index (χ2n) is 8.93. The third kappa shape index (κ3) is 5.96. The van der Waals surface area contributed by atoms with Gasteiger partial charge in [-0.2, -0.15) is 0 Å². The van der Waals surface area contributed by atoms with Crippen molar-refractivity contribution in [3.63, 3.8) is 0 Å². The molecule has 0 unspecified atom stereocenters. The molecule has 0 aliphatic carbocycles. The Hall–Kier alpha value is -4.02. The minimum Gasteiger partial charge on any atom is -0.497 e. The number of likely N-dealkylation sites (tertiary alicyclic amines) is 1. The lowest BCUT2D eigenvalue weighted by Crippen LogP contribution is -2.58. The number of benzene rings is 1. The SMILES string of the molecule is COC(=O)[C@H](NC(=O)[C@@H]1[C@@H](NC(=O)Nc2cccc(OC)c2)CCN1C(=O)c1cccn1C)C(C)C. The maximum atomic E-state index is 13.5. The van der Waals surface area contributed by atoms with Crippen molar-refractivity contribution in [2.75, 3.05) is 26.1 Å². The van der Waals surface area contributed by atoms with Crippen molar-refractivity contribution >= 4 is 29.5 Å². The van der Waals surface area contributed by atoms with E-state index in [-0.39, 0.29) is 18.4 Å². The highest BCUT2D eigenvalue weighted by Crippen LogP contribution is 2.23. The van der Waals surface area contributed by atoms with E-state index in [1.807, 2.05) is 0 Å². The molecule has 1 aliphatic heterocycles. The van der Waals surface area contributed by atoms with Crippen LogP contribution in [0.5, 0.6) is 5.75 Å². The predicted octanol–water partition coefficient (Wildman–Crippen LogP) is 1.75. The number of ether oxygens (including phenoxy) is 2. The molecule has 1 aliphatic rings. The van der Waals surface area contributed by atoms with Gasteiger partial charge in [0.15, 0.2) is 0 Å². The molecule has 1 saturated heterocycles. The van der Waals surface area contributed by atoms with Crippen LogP contribution in [-0.2, 0) is 21.4 Å². The van der Waals surface area contributed by atoms with Crippen molar-refractivity contribution in [3.8, 4) is 5.75 Å². The highest BCUT2D eigenvalue weighted by molar-refractivity contribution is 5.99. The van der Waals surface area contributed by atoms with Crippen molar-refractivity contribution in [1.82, 2.24) is 20.1 Å². The van der Waals surface area contributed by atoms with Gasteiger partial charge < -0.3 is 34.9 Å². The number of amides is 4. The average Bonchev–Trinajstić information content (AvgIpc) is 3.47. The number of nitrogens with zero attached hydrogens (tertiary/aromatic N) is 2. The predicted molar refractivity (Wildman–Crippen MR) is 133 cm³/mol. The first-order chi connectivity index (χ1) is 17.2. The minimum absolute atomic E-state index is 0.247. The number of rotatable bonds is 8. The number of anilines is 1. The van der Waals surface area contributed by atoms with Gasteiger partial charge in [-0.25, -0.2) is 9.59 Å². The molecular weight excluding hydrogens is 466 g/mol. The van der Waals surface area contributed by atoms with Crippen LogP contribution in [0, 0.1) is 5.92 Å². The van der Waals surface area contributed by atoms with Crippen LogP contribution in [0.2, 0.25) is 0 Å². The number of urea groups is 1. The maximum Gasteiger partial charge on any atom is 0.328 e. The van der Waals surface area contributed by atoms with Crippen LogP contribution in [0.25, 0.3) is 0 Å². The summed E-state index contributed by atoms with van der Waals surface area (Å²) in [6.45, 7) is 3.80. The monoisotopic (exact) mass is 499 g/mol. The van der Waals surface area contributed by atoms with Gasteiger partial charge in [-0.15, -0.1) is 0 Å². The van der Waals surface area contributed by atoms with Gasteiger partial charge >= 0.3 is 12.0 Å². The molecule has 3 atom stereocenters. The minimum atomic E-state index is -1.03. The zero-order valence-corrected chi connectivity index (χ0v) is 21.1. The number of esters is 1. The van der Waals surface area contributed by atoms with Gasteiger partial charge in [0.2, 0.25) is 5.91 Å². The number of hydrogen-bond donors (Lipinski definition) is 3. The number of carbonyl (C=O) groups excluding carboxylic acids is 4. The summed E-state index contributed by atoms with van der Waals surface area (Å²) in [5, 5.41) is 8.26. The van der Waals surface area contributed by atoms with Crippen LogP contribution in [0.15, 0.2) is 42.6 Å². The molecule has 2 heterocycles. The molecule has 0 radical (unpaired) electrons. The van der Waals surface area contributed by atoms with Gasteiger partial charge in [-0.1, -0.05) is 19.9 Å². The standard InChI is InChI=1S/C25H33N5O6/c1-15(2)20(24(33)36-5)28-22(31)21-18(11-13-30(21)23(32)19-10-7-12-29(19)3)27-25(34)26-16-8-6-9-17(14-16)35-4/h6-10,12,14-15,18,20-21H,11,13H2,1-5H3,(H,28,31)(H2,26,27,34)/t18-,20+,21-/m0/s1. The van der Waals surface area contributed by atoms with Crippen LogP contribution < -0.4 is 20.7 Å². The van der Waals surface area contributed by atoms with Crippen LogP contribution in [0.1, 0.15) is 30.8 Å². The number of aromatic nitrogens is 1. The number of nitrogens with one attached hydrogen (secondary N) is 3. The Morgan fingerprint density at radius 2 is 1.83 bits per heavy atom. The summed E-state index contributed by atoms with van der Waals surface area (Å²) in [5.41, 5.74) is 0.913. The maximum absolute atomic E-state index is 13.5. The summed E-state index contributed by atoms with van der Waals surface area (Å²) in [6.07, 6.45) is 2.09. The highest BCUT2D eigenvalue weighted by atomic mass is 16.5. The van der Waals surface area contributed by atoms with Crippen molar-refractivity contribution in [2.45, 2.75) is 38.4 Å². The Labute approximate surface area is 210 Å². The summed E-state index contributed by atoms with van der Waals surface area (Å²) < 4.78 is 11.7. The fraction of sp³-hybridized carbons (Fsp3) is 0.440. The van der Waals surface area contributed by atoms with E-state index < -0.39 is 36.0 Å². The molecule has 11 nitrogen and oxygen atoms in total. The van der Waals surface area contributed by atoms with Crippen molar-refractivity contribution in [2.24, 2.45) is 13.0 Å². The fourth-order valence-electron chi connectivity index (χ4n) is 4.23. The third-order valence-corrected chi connectivity index (χ3v) is 6.15. The Bertz CT molecular complexity index is 1110. The number of methoxy groups -OCH3 is 2. The molecule has 2 aromatic rings. The summed E-state index contributed by atoms with van der Waals surface area (Å²) >= 11 is 0. The smallest absolute Gasteiger partial charge is 0.328 e. The Morgan fingerprint density at radius 1 is 1.08 bits per heavy atom.